The van der Waals surface area contributed by atoms with Crippen LogP contribution >= 0.6 is 11.6 Å². The summed E-state index contributed by atoms with van der Waals surface area (Å²) in [6.07, 6.45) is 0. The summed E-state index contributed by atoms with van der Waals surface area (Å²) < 4.78 is 17.8. The molecule has 1 amide bonds. The van der Waals surface area contributed by atoms with Crippen LogP contribution in [0.1, 0.15) is 10.4 Å². The number of nitrogens with one attached hydrogen (secondary N) is 1. The largest absolute Gasteiger partial charge is 0.507 e. The lowest BCUT2D eigenvalue weighted by Crippen LogP contribution is -2.39. The van der Waals surface area contributed by atoms with Gasteiger partial charge in [0.2, 0.25) is 0 Å². The number of hydrogen-bond donors (Lipinski definition) is 2. The van der Waals surface area contributed by atoms with Gasteiger partial charge in [-0.3, -0.25) is 4.79 Å². The maximum Gasteiger partial charge on any atom is 0.255 e. The fourth-order valence-corrected chi connectivity index (χ4v) is 1.45. The van der Waals surface area contributed by atoms with Gasteiger partial charge >= 0.3 is 0 Å². The Morgan fingerprint density at radius 2 is 2.35 bits per heavy atom. The van der Waals surface area contributed by atoms with Crippen molar-refractivity contribution in [3.05, 3.63) is 29.6 Å². The normalized spacial score (nSPS) is 12.2. The molecule has 0 bridgehead atoms. The molecule has 0 heterocycles. The number of hydrogen-bond acceptors (Lipinski definition) is 3. The number of methoxy groups -OCH3 is 1. The van der Waals surface area contributed by atoms with Crippen molar-refractivity contribution in [3.63, 3.8) is 0 Å². The molecule has 1 unspecified atom stereocenters. The number of alkyl halides is 1. The Hall–Kier alpha value is -1.33. The van der Waals surface area contributed by atoms with E-state index in [1.54, 1.807) is 0 Å². The highest BCUT2D eigenvalue weighted by Crippen LogP contribution is 2.17. The average molecular weight is 262 g/mol. The summed E-state index contributed by atoms with van der Waals surface area (Å²) in [4.78, 5) is 11.7. The summed E-state index contributed by atoms with van der Waals surface area (Å²) in [5.41, 5.74) is -0.129. The Bertz CT molecular complexity index is 400. The van der Waals surface area contributed by atoms with Gasteiger partial charge in [-0.25, -0.2) is 4.39 Å². The Kier molecular flexibility index (Phi) is 5.18. The summed E-state index contributed by atoms with van der Waals surface area (Å²) in [7, 11) is 1.48. The number of benzene rings is 1. The van der Waals surface area contributed by atoms with Crippen molar-refractivity contribution in [3.8, 4) is 5.75 Å². The lowest BCUT2D eigenvalue weighted by atomic mass is 10.1. The standard InChI is InChI=1S/C11H13ClFNO3/c1-17-6-8(5-12)14-11(16)9-4-7(13)2-3-10(9)15/h2-4,8,15H,5-6H2,1H3,(H,14,16). The van der Waals surface area contributed by atoms with E-state index in [2.05, 4.69) is 5.32 Å². The highest BCUT2D eigenvalue weighted by molar-refractivity contribution is 6.18. The summed E-state index contributed by atoms with van der Waals surface area (Å²) in [6.45, 7) is 0.241. The molecule has 1 atom stereocenters. The molecule has 6 heteroatoms. The fraction of sp³-hybridized carbons (Fsp3) is 0.364. The topological polar surface area (TPSA) is 58.6 Å². The van der Waals surface area contributed by atoms with Crippen LogP contribution in [-0.4, -0.2) is 36.7 Å². The second kappa shape index (κ2) is 6.42. The number of carbonyl (C=O) groups excluding carboxylic acids is 1. The van der Waals surface area contributed by atoms with E-state index in [4.69, 9.17) is 16.3 Å². The van der Waals surface area contributed by atoms with E-state index in [1.165, 1.54) is 7.11 Å². The van der Waals surface area contributed by atoms with Gasteiger partial charge in [0.1, 0.15) is 11.6 Å². The van der Waals surface area contributed by atoms with E-state index in [-0.39, 0.29) is 23.8 Å². The molecule has 0 saturated heterocycles. The van der Waals surface area contributed by atoms with Crippen LogP contribution in [0.15, 0.2) is 18.2 Å². The molecule has 17 heavy (non-hydrogen) atoms. The maximum atomic E-state index is 12.9. The minimum atomic E-state index is -0.595. The van der Waals surface area contributed by atoms with E-state index in [9.17, 15) is 14.3 Å². The van der Waals surface area contributed by atoms with E-state index < -0.39 is 17.8 Å². The van der Waals surface area contributed by atoms with Gasteiger partial charge in [-0.15, -0.1) is 11.6 Å². The number of phenolic OH excluding ortho intramolecular Hbond substituents is 1. The van der Waals surface area contributed by atoms with Gasteiger partial charge in [0, 0.05) is 13.0 Å². The molecule has 0 aliphatic heterocycles. The van der Waals surface area contributed by atoms with Crippen molar-refractivity contribution in [1.82, 2.24) is 5.32 Å². The van der Waals surface area contributed by atoms with Crippen molar-refractivity contribution >= 4 is 17.5 Å². The number of rotatable bonds is 5. The monoisotopic (exact) mass is 261 g/mol. The van der Waals surface area contributed by atoms with Crippen molar-refractivity contribution in [2.45, 2.75) is 6.04 Å². The lowest BCUT2D eigenvalue weighted by Gasteiger charge is -2.15. The molecule has 0 aliphatic rings. The van der Waals surface area contributed by atoms with Crippen molar-refractivity contribution in [2.24, 2.45) is 0 Å². The van der Waals surface area contributed by atoms with Crippen LogP contribution in [-0.2, 0) is 4.74 Å². The van der Waals surface area contributed by atoms with E-state index in [0.717, 1.165) is 18.2 Å². The predicted molar refractivity (Wildman–Crippen MR) is 61.9 cm³/mol. The van der Waals surface area contributed by atoms with E-state index >= 15 is 0 Å². The first kappa shape index (κ1) is 13.7. The van der Waals surface area contributed by atoms with Gasteiger partial charge < -0.3 is 15.2 Å². The molecular formula is C11H13ClFNO3. The maximum absolute atomic E-state index is 12.9. The van der Waals surface area contributed by atoms with Crippen LogP contribution in [0.25, 0.3) is 0 Å². The van der Waals surface area contributed by atoms with Crippen molar-refractivity contribution in [2.75, 3.05) is 19.6 Å². The zero-order valence-electron chi connectivity index (χ0n) is 9.24. The van der Waals surface area contributed by atoms with Gasteiger partial charge in [-0.1, -0.05) is 0 Å². The molecule has 2 N–H and O–H groups in total. The Morgan fingerprint density at radius 3 is 2.94 bits per heavy atom. The summed E-state index contributed by atoms with van der Waals surface area (Å²) in [5.74, 6) is -1.31. The number of phenols is 1. The first-order chi connectivity index (χ1) is 8.08. The first-order valence-electron chi connectivity index (χ1n) is 4.92. The van der Waals surface area contributed by atoms with Crippen LogP contribution in [0.4, 0.5) is 4.39 Å². The molecule has 0 radical (unpaired) electrons. The van der Waals surface area contributed by atoms with E-state index in [1.807, 2.05) is 0 Å². The van der Waals surface area contributed by atoms with Crippen LogP contribution < -0.4 is 5.32 Å². The molecule has 4 nitrogen and oxygen atoms in total. The van der Waals surface area contributed by atoms with Gasteiger partial charge in [0.05, 0.1) is 18.2 Å². The van der Waals surface area contributed by atoms with Gasteiger partial charge in [-0.05, 0) is 18.2 Å². The highest BCUT2D eigenvalue weighted by Gasteiger charge is 2.16. The zero-order valence-corrected chi connectivity index (χ0v) is 10.00. The minimum Gasteiger partial charge on any atom is -0.507 e. The summed E-state index contributed by atoms with van der Waals surface area (Å²) in [6, 6.07) is 2.76. The molecule has 1 rings (SSSR count). The Labute approximate surface area is 103 Å². The Morgan fingerprint density at radius 1 is 1.65 bits per heavy atom. The van der Waals surface area contributed by atoms with Crippen LogP contribution in [0.3, 0.4) is 0 Å². The third-order valence-corrected chi connectivity index (χ3v) is 2.47. The first-order valence-corrected chi connectivity index (χ1v) is 5.46. The SMILES string of the molecule is COCC(CCl)NC(=O)c1cc(F)ccc1O. The molecule has 0 aromatic heterocycles. The second-order valence-electron chi connectivity index (χ2n) is 3.44. The van der Waals surface area contributed by atoms with Gasteiger partial charge in [-0.2, -0.15) is 0 Å². The molecule has 0 saturated carbocycles. The fourth-order valence-electron chi connectivity index (χ4n) is 1.28. The van der Waals surface area contributed by atoms with E-state index in [0.29, 0.717) is 0 Å². The number of aromatic hydroxyl groups is 1. The number of amides is 1. The lowest BCUT2D eigenvalue weighted by molar-refractivity contribution is 0.0903. The smallest absolute Gasteiger partial charge is 0.255 e. The third kappa shape index (κ3) is 3.87. The van der Waals surface area contributed by atoms with Crippen LogP contribution in [0.2, 0.25) is 0 Å². The molecule has 1 aromatic carbocycles. The molecular weight excluding hydrogens is 249 g/mol. The molecule has 0 fully saturated rings. The molecule has 94 valence electrons. The minimum absolute atomic E-state index is 0.129. The predicted octanol–water partition coefficient (Wildman–Crippen LogP) is 1.51. The van der Waals surface area contributed by atoms with Gasteiger partial charge in [0.15, 0.2) is 0 Å². The number of ether oxygens (including phenoxy) is 1. The molecule has 0 aliphatic carbocycles. The van der Waals surface area contributed by atoms with Gasteiger partial charge in [0.25, 0.3) is 5.91 Å². The number of carbonyl (C=O) groups is 1. The Balaban J connectivity index is 2.78. The molecule has 0 spiro atoms. The average Bonchev–Trinajstić information content (AvgIpc) is 2.31. The summed E-state index contributed by atoms with van der Waals surface area (Å²) in [5, 5.41) is 12.0. The molecule has 1 aromatic rings. The quantitative estimate of drug-likeness (QED) is 0.790. The van der Waals surface area contributed by atoms with Crippen molar-refractivity contribution in [1.29, 1.82) is 0 Å². The third-order valence-electron chi connectivity index (χ3n) is 2.09. The number of halogens is 2. The van der Waals surface area contributed by atoms with Crippen LogP contribution in [0, 0.1) is 5.82 Å². The second-order valence-corrected chi connectivity index (χ2v) is 3.75. The summed E-state index contributed by atoms with van der Waals surface area (Å²) >= 11 is 5.62. The van der Waals surface area contributed by atoms with Crippen LogP contribution in [0.5, 0.6) is 5.75 Å². The highest BCUT2D eigenvalue weighted by atomic mass is 35.5. The van der Waals surface area contributed by atoms with Crippen molar-refractivity contribution < 1.29 is 19.0 Å². The zero-order chi connectivity index (χ0) is 12.8.